The molecule has 0 fully saturated rings. The van der Waals surface area contributed by atoms with Crippen molar-refractivity contribution < 1.29 is 0 Å². The third kappa shape index (κ3) is 2.70. The Kier molecular flexibility index (Phi) is 4.02. The SMILES string of the molecule is Clc1nc2nc(n1)n1c3ccccc3c3cccc(c4cnccc4c4cccc5c6ccccc6n2c45)c31. The molecule has 4 aromatic carbocycles. The first-order valence-electron chi connectivity index (χ1n) is 12.7. The first kappa shape index (κ1) is 20.9. The molecule has 0 aliphatic heterocycles. The van der Waals surface area contributed by atoms with E-state index in [-0.39, 0.29) is 5.28 Å². The second kappa shape index (κ2) is 7.49. The van der Waals surface area contributed by atoms with E-state index in [1.54, 1.807) is 0 Å². The number of hydrogen-bond acceptors (Lipinski definition) is 4. The fourth-order valence-electron chi connectivity index (χ4n) is 6.26. The van der Waals surface area contributed by atoms with E-state index in [9.17, 15) is 0 Å². The lowest BCUT2D eigenvalue weighted by Gasteiger charge is -2.04. The minimum atomic E-state index is 0.139. The van der Waals surface area contributed by atoms with E-state index < -0.39 is 0 Å². The molecule has 6 nitrogen and oxygen atoms in total. The summed E-state index contributed by atoms with van der Waals surface area (Å²) in [6, 6.07) is 31.6. The van der Waals surface area contributed by atoms with Crippen LogP contribution in [-0.4, -0.2) is 28.7 Å². The molecular formula is C32H17ClN6. The van der Waals surface area contributed by atoms with Crippen molar-refractivity contribution >= 4 is 88.3 Å². The summed E-state index contributed by atoms with van der Waals surface area (Å²) in [6.45, 7) is 0. The van der Waals surface area contributed by atoms with Gasteiger partial charge in [0.15, 0.2) is 0 Å². The summed E-state index contributed by atoms with van der Waals surface area (Å²) >= 11 is 6.67. The van der Waals surface area contributed by atoms with Crippen LogP contribution in [0.4, 0.5) is 0 Å². The van der Waals surface area contributed by atoms with Crippen molar-refractivity contribution in [1.82, 2.24) is 28.7 Å². The van der Waals surface area contributed by atoms with Crippen molar-refractivity contribution in [2.75, 3.05) is 0 Å². The fourth-order valence-corrected chi connectivity index (χ4v) is 6.41. The number of benzene rings is 4. The molecule has 2 bridgehead atoms. The highest BCUT2D eigenvalue weighted by atomic mass is 35.5. The van der Waals surface area contributed by atoms with E-state index in [2.05, 4.69) is 103 Å². The molecule has 5 heterocycles. The topological polar surface area (TPSA) is 60.4 Å². The summed E-state index contributed by atoms with van der Waals surface area (Å²) in [5, 5.41) is 8.83. The van der Waals surface area contributed by atoms with Crippen LogP contribution >= 0.6 is 11.6 Å². The zero-order valence-electron chi connectivity index (χ0n) is 20.4. The van der Waals surface area contributed by atoms with Crippen molar-refractivity contribution in [2.45, 2.75) is 0 Å². The summed E-state index contributed by atoms with van der Waals surface area (Å²) < 4.78 is 4.22. The van der Waals surface area contributed by atoms with Gasteiger partial charge in [0.1, 0.15) is 0 Å². The Balaban J connectivity index is 1.78. The van der Waals surface area contributed by atoms with Crippen LogP contribution in [0.3, 0.4) is 0 Å². The molecular weight excluding hydrogens is 504 g/mol. The summed E-state index contributed by atoms with van der Waals surface area (Å²) in [6.07, 6.45) is 3.81. The molecule has 0 atom stereocenters. The largest absolute Gasteiger partial charge is 0.277 e. The van der Waals surface area contributed by atoms with Crippen molar-refractivity contribution in [3.63, 3.8) is 0 Å². The molecule has 0 aliphatic carbocycles. The van der Waals surface area contributed by atoms with Crippen LogP contribution in [0.15, 0.2) is 103 Å². The van der Waals surface area contributed by atoms with Gasteiger partial charge < -0.3 is 0 Å². The Morgan fingerprint density at radius 3 is 1.54 bits per heavy atom. The quantitative estimate of drug-likeness (QED) is 0.204. The highest BCUT2D eigenvalue weighted by Gasteiger charge is 2.17. The summed E-state index contributed by atoms with van der Waals surface area (Å²) in [7, 11) is 0. The third-order valence-corrected chi connectivity index (χ3v) is 7.94. The predicted octanol–water partition coefficient (Wildman–Crippen LogP) is 7.91. The molecule has 0 saturated heterocycles. The van der Waals surface area contributed by atoms with Gasteiger partial charge in [-0.05, 0) is 35.2 Å². The van der Waals surface area contributed by atoms with Crippen LogP contribution in [0.1, 0.15) is 0 Å². The Bertz CT molecular complexity index is 2350. The summed E-state index contributed by atoms with van der Waals surface area (Å²) in [5.41, 5.74) is 4.02. The van der Waals surface area contributed by atoms with E-state index >= 15 is 0 Å². The number of halogens is 1. The minimum Gasteiger partial charge on any atom is -0.277 e. The number of pyridine rings is 1. The smallest absolute Gasteiger partial charge is 0.240 e. The zero-order valence-corrected chi connectivity index (χ0v) is 21.1. The maximum Gasteiger partial charge on any atom is 0.240 e. The number of aromatic nitrogens is 6. The van der Waals surface area contributed by atoms with Gasteiger partial charge in [-0.1, -0.05) is 72.8 Å². The van der Waals surface area contributed by atoms with E-state index in [0.29, 0.717) is 11.6 Å². The normalized spacial score (nSPS) is 12.2. The average molecular weight is 521 g/mol. The first-order chi connectivity index (χ1) is 19.3. The van der Waals surface area contributed by atoms with Gasteiger partial charge in [-0.3, -0.25) is 13.8 Å². The summed E-state index contributed by atoms with van der Waals surface area (Å²) in [5.74, 6) is 0.948. The predicted molar refractivity (Wildman–Crippen MR) is 158 cm³/mol. The Labute approximate surface area is 225 Å². The standard InChI is InChI=1S/C32H17ClN6/c33-30-35-31-37-32(36-30)39-27-14-4-2-8-20(27)23-11-6-12-24(29(23)39)25-17-34-16-15-18(25)21-9-5-10-22-19-7-1-3-13-26(19)38(31)28(21)22/h1-17H. The molecule has 5 aromatic heterocycles. The van der Waals surface area contributed by atoms with Crippen LogP contribution in [0.25, 0.3) is 76.7 Å². The first-order valence-corrected chi connectivity index (χ1v) is 13.1. The molecule has 39 heavy (non-hydrogen) atoms. The molecule has 7 heteroatoms. The maximum absolute atomic E-state index is 6.67. The molecule has 0 aliphatic rings. The second-order valence-corrected chi connectivity index (χ2v) is 10.1. The van der Waals surface area contributed by atoms with Crippen LogP contribution in [0, 0.1) is 0 Å². The zero-order chi connectivity index (χ0) is 25.7. The van der Waals surface area contributed by atoms with Crippen LogP contribution in [-0.2, 0) is 0 Å². The van der Waals surface area contributed by atoms with Crippen molar-refractivity contribution in [2.24, 2.45) is 0 Å². The fraction of sp³-hybridized carbons (Fsp3) is 0. The molecule has 0 spiro atoms. The van der Waals surface area contributed by atoms with Crippen molar-refractivity contribution in [3.8, 4) is 0 Å². The second-order valence-electron chi connectivity index (χ2n) is 9.73. The molecule has 0 N–H and O–H groups in total. The summed E-state index contributed by atoms with van der Waals surface area (Å²) in [4.78, 5) is 19.0. The molecule has 0 unspecified atom stereocenters. The van der Waals surface area contributed by atoms with Crippen LogP contribution in [0.5, 0.6) is 0 Å². The minimum absolute atomic E-state index is 0.139. The number of nitrogens with zero attached hydrogens (tertiary/aromatic N) is 6. The van der Waals surface area contributed by atoms with Crippen molar-refractivity contribution in [3.05, 3.63) is 109 Å². The third-order valence-electron chi connectivity index (χ3n) is 7.78. The van der Waals surface area contributed by atoms with Crippen LogP contribution in [0.2, 0.25) is 5.28 Å². The molecule has 0 radical (unpaired) electrons. The Hall–Kier alpha value is -5.07. The lowest BCUT2D eigenvalue weighted by atomic mass is 10.0. The van der Waals surface area contributed by atoms with Gasteiger partial charge in [0.25, 0.3) is 0 Å². The average Bonchev–Trinajstić information content (AvgIpc) is 3.50. The monoisotopic (exact) mass is 520 g/mol. The van der Waals surface area contributed by atoms with Crippen LogP contribution < -0.4 is 0 Å². The number of para-hydroxylation sites is 4. The molecule has 0 amide bonds. The number of fused-ring (bicyclic) bond motifs is 13. The molecule has 9 rings (SSSR count). The lowest BCUT2D eigenvalue weighted by molar-refractivity contribution is 1.05. The Morgan fingerprint density at radius 1 is 0.462 bits per heavy atom. The van der Waals surface area contributed by atoms with Gasteiger partial charge >= 0.3 is 0 Å². The maximum atomic E-state index is 6.67. The Morgan fingerprint density at radius 2 is 0.949 bits per heavy atom. The number of rotatable bonds is 0. The van der Waals surface area contributed by atoms with Gasteiger partial charge in [0, 0.05) is 50.1 Å². The number of hydrogen-bond donors (Lipinski definition) is 0. The van der Waals surface area contributed by atoms with E-state index in [4.69, 9.17) is 16.6 Å². The van der Waals surface area contributed by atoms with E-state index in [1.165, 1.54) is 0 Å². The van der Waals surface area contributed by atoms with E-state index in [1.807, 2.05) is 24.5 Å². The van der Waals surface area contributed by atoms with Gasteiger partial charge in [-0.25, -0.2) is 0 Å². The van der Waals surface area contributed by atoms with Gasteiger partial charge in [-0.2, -0.15) is 15.0 Å². The highest BCUT2D eigenvalue weighted by molar-refractivity contribution is 6.29. The van der Waals surface area contributed by atoms with E-state index in [0.717, 1.165) is 65.2 Å². The van der Waals surface area contributed by atoms with Crippen molar-refractivity contribution in [1.29, 1.82) is 0 Å². The molecule has 9 aromatic rings. The lowest BCUT2D eigenvalue weighted by Crippen LogP contribution is -1.99. The molecule has 182 valence electrons. The van der Waals surface area contributed by atoms with Gasteiger partial charge in [-0.15, -0.1) is 0 Å². The molecule has 0 saturated carbocycles. The van der Waals surface area contributed by atoms with Gasteiger partial charge in [0.2, 0.25) is 16.8 Å². The van der Waals surface area contributed by atoms with Gasteiger partial charge in [0.05, 0.1) is 22.1 Å². The highest BCUT2D eigenvalue weighted by Crippen LogP contribution is 2.38.